The standard InChI is InChI=1S/C22H31NO2/c1-12(2)17-8-5-13(3)9-19(17)25-22(24)18-11-23-14(4)20-15-6-7-16(10-15)21(18)20/h11-13,15-17,19H,5-10H2,1-4H3/t13-,15?,16?,17+,19-/m1/s1. The van der Waals surface area contributed by atoms with Gasteiger partial charge >= 0.3 is 5.97 Å². The zero-order chi connectivity index (χ0) is 17.7. The van der Waals surface area contributed by atoms with Gasteiger partial charge < -0.3 is 4.74 Å². The van der Waals surface area contributed by atoms with E-state index in [0.717, 1.165) is 17.7 Å². The number of hydrogen-bond acceptors (Lipinski definition) is 3. The summed E-state index contributed by atoms with van der Waals surface area (Å²) in [5, 5.41) is 0. The first-order chi connectivity index (χ1) is 12.0. The number of aryl methyl sites for hydroxylation is 1. The van der Waals surface area contributed by atoms with Crippen LogP contribution >= 0.6 is 0 Å². The number of carbonyl (C=O) groups excluding carboxylic acids is 1. The van der Waals surface area contributed by atoms with Crippen molar-refractivity contribution in [1.82, 2.24) is 4.98 Å². The van der Waals surface area contributed by atoms with Gasteiger partial charge in [0.2, 0.25) is 0 Å². The van der Waals surface area contributed by atoms with E-state index in [1.165, 1.54) is 43.2 Å². The van der Waals surface area contributed by atoms with Crippen molar-refractivity contribution in [3.05, 3.63) is 28.6 Å². The van der Waals surface area contributed by atoms with Gasteiger partial charge in [-0.15, -0.1) is 0 Å². The van der Waals surface area contributed by atoms with Gasteiger partial charge in [0.25, 0.3) is 0 Å². The topological polar surface area (TPSA) is 39.2 Å². The summed E-state index contributed by atoms with van der Waals surface area (Å²) >= 11 is 0. The third-order valence-electron chi connectivity index (χ3n) is 7.05. The van der Waals surface area contributed by atoms with Gasteiger partial charge in [-0.25, -0.2) is 4.79 Å². The fourth-order valence-corrected chi connectivity index (χ4v) is 5.72. The average molecular weight is 341 g/mol. The van der Waals surface area contributed by atoms with E-state index in [9.17, 15) is 4.79 Å². The predicted octanol–water partition coefficient (Wildman–Crippen LogP) is 5.37. The minimum atomic E-state index is -0.124. The lowest BCUT2D eigenvalue weighted by molar-refractivity contribution is -0.0175. The first-order valence-electron chi connectivity index (χ1n) is 10.2. The molecule has 136 valence electrons. The highest BCUT2D eigenvalue weighted by Gasteiger charge is 2.42. The number of carbonyl (C=O) groups is 1. The molecule has 0 N–H and O–H groups in total. The van der Waals surface area contributed by atoms with Gasteiger partial charge in [-0.3, -0.25) is 4.98 Å². The van der Waals surface area contributed by atoms with E-state index in [-0.39, 0.29) is 12.1 Å². The van der Waals surface area contributed by atoms with E-state index in [2.05, 4.69) is 32.7 Å². The highest BCUT2D eigenvalue weighted by atomic mass is 16.5. The van der Waals surface area contributed by atoms with Crippen LogP contribution in [0, 0.1) is 24.7 Å². The molecule has 5 atom stereocenters. The van der Waals surface area contributed by atoms with Crippen molar-refractivity contribution in [1.29, 1.82) is 0 Å². The number of nitrogens with zero attached hydrogens (tertiary/aromatic N) is 1. The van der Waals surface area contributed by atoms with E-state index in [1.807, 2.05) is 0 Å². The Morgan fingerprint density at radius 2 is 1.84 bits per heavy atom. The molecule has 0 radical (unpaired) electrons. The number of fused-ring (bicyclic) bond motifs is 5. The third kappa shape index (κ3) is 2.90. The van der Waals surface area contributed by atoms with Crippen LogP contribution in [0.15, 0.2) is 6.20 Å². The summed E-state index contributed by atoms with van der Waals surface area (Å²) in [6, 6.07) is 0. The van der Waals surface area contributed by atoms with Crippen LogP contribution in [-0.2, 0) is 4.74 Å². The number of aromatic nitrogens is 1. The van der Waals surface area contributed by atoms with E-state index in [4.69, 9.17) is 4.74 Å². The Morgan fingerprint density at radius 3 is 2.56 bits per heavy atom. The minimum absolute atomic E-state index is 0.0618. The molecule has 25 heavy (non-hydrogen) atoms. The second-order valence-electron chi connectivity index (χ2n) is 9.06. The molecule has 0 aliphatic heterocycles. The Kier molecular flexibility index (Phi) is 4.37. The van der Waals surface area contributed by atoms with Crippen molar-refractivity contribution >= 4 is 5.97 Å². The number of hydrogen-bond donors (Lipinski definition) is 0. The van der Waals surface area contributed by atoms with Crippen LogP contribution in [0.2, 0.25) is 0 Å². The minimum Gasteiger partial charge on any atom is -0.458 e. The molecule has 0 spiro atoms. The van der Waals surface area contributed by atoms with Gasteiger partial charge in [-0.1, -0.05) is 27.2 Å². The maximum absolute atomic E-state index is 13.1. The van der Waals surface area contributed by atoms with Crippen molar-refractivity contribution < 1.29 is 9.53 Å². The summed E-state index contributed by atoms with van der Waals surface area (Å²) in [6.45, 7) is 8.88. The normalized spacial score (nSPS) is 33.6. The number of pyridine rings is 1. The monoisotopic (exact) mass is 341 g/mol. The van der Waals surface area contributed by atoms with Gasteiger partial charge in [0.05, 0.1) is 5.56 Å². The molecule has 3 aliphatic carbocycles. The Hall–Kier alpha value is -1.38. The van der Waals surface area contributed by atoms with Crippen LogP contribution in [-0.4, -0.2) is 17.1 Å². The summed E-state index contributed by atoms with van der Waals surface area (Å²) in [7, 11) is 0. The van der Waals surface area contributed by atoms with Crippen LogP contribution in [0.5, 0.6) is 0 Å². The summed E-state index contributed by atoms with van der Waals surface area (Å²) in [6.07, 6.45) is 8.96. The molecule has 0 aromatic carbocycles. The number of ether oxygens (including phenoxy) is 1. The SMILES string of the molecule is Cc1ncc(C(=O)O[C@@H]2C[C@H](C)CC[C@H]2C(C)C)c2c1C1CCC2C1. The van der Waals surface area contributed by atoms with Crippen molar-refractivity contribution in [2.45, 2.75) is 84.2 Å². The third-order valence-corrected chi connectivity index (χ3v) is 7.05. The van der Waals surface area contributed by atoms with Crippen LogP contribution in [0.3, 0.4) is 0 Å². The quantitative estimate of drug-likeness (QED) is 0.694. The lowest BCUT2D eigenvalue weighted by Crippen LogP contribution is -2.36. The fraction of sp³-hybridized carbons (Fsp3) is 0.727. The van der Waals surface area contributed by atoms with Crippen LogP contribution in [0.25, 0.3) is 0 Å². The lowest BCUT2D eigenvalue weighted by atomic mass is 9.75. The molecule has 2 saturated carbocycles. The highest BCUT2D eigenvalue weighted by molar-refractivity contribution is 5.92. The largest absolute Gasteiger partial charge is 0.458 e. The molecule has 1 heterocycles. The smallest absolute Gasteiger partial charge is 0.340 e. The second kappa shape index (κ2) is 6.41. The van der Waals surface area contributed by atoms with Gasteiger partial charge in [-0.2, -0.15) is 0 Å². The summed E-state index contributed by atoms with van der Waals surface area (Å²) in [5.74, 6) is 2.74. The first kappa shape index (κ1) is 17.1. The van der Waals surface area contributed by atoms with Crippen LogP contribution < -0.4 is 0 Å². The highest BCUT2D eigenvalue weighted by Crippen LogP contribution is 2.54. The molecule has 1 aromatic heterocycles. The molecule has 2 fully saturated rings. The van der Waals surface area contributed by atoms with Crippen molar-refractivity contribution in [3.63, 3.8) is 0 Å². The molecule has 3 aliphatic rings. The lowest BCUT2D eigenvalue weighted by Gasteiger charge is -2.36. The van der Waals surface area contributed by atoms with Crippen molar-refractivity contribution in [2.75, 3.05) is 0 Å². The van der Waals surface area contributed by atoms with Crippen LogP contribution in [0.4, 0.5) is 0 Å². The maximum Gasteiger partial charge on any atom is 0.340 e. The molecule has 3 heteroatoms. The molecule has 0 amide bonds. The molecule has 0 saturated heterocycles. The van der Waals surface area contributed by atoms with E-state index in [1.54, 1.807) is 6.20 Å². The molecule has 2 unspecified atom stereocenters. The maximum atomic E-state index is 13.1. The number of esters is 1. The Labute approximate surface area is 151 Å². The molecule has 3 nitrogen and oxygen atoms in total. The zero-order valence-electron chi connectivity index (χ0n) is 16.0. The van der Waals surface area contributed by atoms with E-state index >= 15 is 0 Å². The van der Waals surface area contributed by atoms with Crippen molar-refractivity contribution in [3.8, 4) is 0 Å². The van der Waals surface area contributed by atoms with Gasteiger partial charge in [0.15, 0.2) is 0 Å². The van der Waals surface area contributed by atoms with Crippen LogP contribution in [0.1, 0.15) is 98.3 Å². The molecule has 2 bridgehead atoms. The Bertz CT molecular complexity index is 681. The molecule has 1 aromatic rings. The first-order valence-corrected chi connectivity index (χ1v) is 10.2. The summed E-state index contributed by atoms with van der Waals surface area (Å²) < 4.78 is 6.12. The van der Waals surface area contributed by atoms with E-state index in [0.29, 0.717) is 29.6 Å². The van der Waals surface area contributed by atoms with Gasteiger partial charge in [-0.05, 0) is 79.7 Å². The molecular weight excluding hydrogens is 310 g/mol. The van der Waals surface area contributed by atoms with E-state index < -0.39 is 0 Å². The summed E-state index contributed by atoms with van der Waals surface area (Å²) in [4.78, 5) is 17.6. The van der Waals surface area contributed by atoms with Crippen molar-refractivity contribution in [2.24, 2.45) is 17.8 Å². The van der Waals surface area contributed by atoms with Gasteiger partial charge in [0, 0.05) is 11.9 Å². The molecular formula is C22H31NO2. The Balaban J connectivity index is 1.60. The Morgan fingerprint density at radius 1 is 1.12 bits per heavy atom. The summed E-state index contributed by atoms with van der Waals surface area (Å²) in [5.41, 5.74) is 4.51. The second-order valence-corrected chi connectivity index (χ2v) is 9.06. The molecule has 4 rings (SSSR count). The number of rotatable bonds is 3. The average Bonchev–Trinajstić information content (AvgIpc) is 3.17. The van der Waals surface area contributed by atoms with Gasteiger partial charge in [0.1, 0.15) is 6.10 Å². The zero-order valence-corrected chi connectivity index (χ0v) is 16.0. The predicted molar refractivity (Wildman–Crippen MR) is 98.9 cm³/mol. The fourth-order valence-electron chi connectivity index (χ4n) is 5.72.